The van der Waals surface area contributed by atoms with Gasteiger partial charge in [0.2, 0.25) is 5.91 Å². The first-order valence-corrected chi connectivity index (χ1v) is 15.0. The van der Waals surface area contributed by atoms with E-state index in [2.05, 4.69) is 19.2 Å². The van der Waals surface area contributed by atoms with Crippen LogP contribution >= 0.6 is 11.3 Å². The molecule has 41 heavy (non-hydrogen) atoms. The Kier molecular flexibility index (Phi) is 13.0. The zero-order chi connectivity index (χ0) is 29.6. The molecule has 0 aliphatic carbocycles. The maximum atomic E-state index is 13.7. The fourth-order valence-electron chi connectivity index (χ4n) is 4.35. The molecule has 222 valence electrons. The van der Waals surface area contributed by atoms with E-state index >= 15 is 0 Å². The van der Waals surface area contributed by atoms with Gasteiger partial charge in [0, 0.05) is 36.9 Å². The number of carbonyl (C=O) groups is 2. The second-order valence-corrected chi connectivity index (χ2v) is 11.0. The Labute approximate surface area is 248 Å². The third kappa shape index (κ3) is 10.1. The minimum absolute atomic E-state index is 0.0284. The van der Waals surface area contributed by atoms with Gasteiger partial charge < -0.3 is 29.3 Å². The predicted molar refractivity (Wildman–Crippen MR) is 165 cm³/mol. The molecule has 0 saturated carbocycles. The molecular weight excluding hydrogens is 538 g/mol. The van der Waals surface area contributed by atoms with Crippen LogP contribution in [0, 0.1) is 0 Å². The zero-order valence-corrected chi connectivity index (χ0v) is 25.7. The van der Waals surface area contributed by atoms with Gasteiger partial charge in [-0.2, -0.15) is 0 Å². The van der Waals surface area contributed by atoms with Crippen LogP contribution in [0.25, 0.3) is 0 Å². The number of ether oxygens (including phenoxy) is 3. The first-order valence-electron chi connectivity index (χ1n) is 14.1. The van der Waals surface area contributed by atoms with Gasteiger partial charge in [-0.05, 0) is 72.5 Å². The quantitative estimate of drug-likeness (QED) is 0.198. The lowest BCUT2D eigenvalue weighted by molar-refractivity contribution is -0.132. The molecule has 3 aromatic rings. The van der Waals surface area contributed by atoms with Crippen molar-refractivity contribution < 1.29 is 23.8 Å². The minimum Gasteiger partial charge on any atom is -0.493 e. The van der Waals surface area contributed by atoms with Crippen LogP contribution in [0.3, 0.4) is 0 Å². The highest BCUT2D eigenvalue weighted by Crippen LogP contribution is 2.28. The highest BCUT2D eigenvalue weighted by Gasteiger charge is 2.22. The van der Waals surface area contributed by atoms with Crippen molar-refractivity contribution in [2.75, 3.05) is 52.4 Å². The second-order valence-electron chi connectivity index (χ2n) is 10.0. The van der Waals surface area contributed by atoms with Crippen molar-refractivity contribution in [1.82, 2.24) is 9.80 Å². The van der Waals surface area contributed by atoms with Gasteiger partial charge in [0.1, 0.15) is 6.54 Å². The molecule has 3 rings (SSSR count). The number of benzene rings is 2. The molecule has 1 N–H and O–H groups in total. The number of carbonyl (C=O) groups excluding carboxylic acids is 2. The number of urea groups is 1. The SMILES string of the molecule is CCOCCCN(CC(=O)N(CCc1ccc(OC)c(OC)c1)Cc1cccs1)C(=O)Nc1ccc(C(C)C)cc1. The Bertz CT molecular complexity index is 1210. The Hall–Kier alpha value is -3.56. The number of methoxy groups -OCH3 is 2. The minimum atomic E-state index is -0.303. The predicted octanol–water partition coefficient (Wildman–Crippen LogP) is 6.42. The average Bonchev–Trinajstić information content (AvgIpc) is 3.50. The van der Waals surface area contributed by atoms with E-state index in [0.29, 0.717) is 68.8 Å². The number of hydrogen-bond donors (Lipinski definition) is 1. The highest BCUT2D eigenvalue weighted by atomic mass is 32.1. The van der Waals surface area contributed by atoms with Crippen molar-refractivity contribution in [3.05, 3.63) is 76.0 Å². The lowest BCUT2D eigenvalue weighted by Gasteiger charge is -2.28. The average molecular weight is 582 g/mol. The molecule has 0 radical (unpaired) electrons. The number of rotatable bonds is 16. The van der Waals surface area contributed by atoms with E-state index in [9.17, 15) is 9.59 Å². The Morgan fingerprint density at radius 1 is 0.951 bits per heavy atom. The summed E-state index contributed by atoms with van der Waals surface area (Å²) in [6, 6.07) is 17.3. The van der Waals surface area contributed by atoms with Crippen LogP contribution in [-0.2, 0) is 22.5 Å². The lowest BCUT2D eigenvalue weighted by atomic mass is 10.0. The van der Waals surface area contributed by atoms with E-state index in [1.807, 2.05) is 71.8 Å². The smallest absolute Gasteiger partial charge is 0.322 e. The van der Waals surface area contributed by atoms with Crippen LogP contribution in [0.4, 0.5) is 10.5 Å². The number of amides is 3. The molecule has 0 bridgehead atoms. The number of hydrogen-bond acceptors (Lipinski definition) is 6. The van der Waals surface area contributed by atoms with Gasteiger partial charge in [0.15, 0.2) is 11.5 Å². The molecule has 1 heterocycles. The molecule has 0 aliphatic heterocycles. The van der Waals surface area contributed by atoms with Crippen molar-refractivity contribution in [3.63, 3.8) is 0 Å². The second kappa shape index (κ2) is 16.6. The van der Waals surface area contributed by atoms with Gasteiger partial charge in [-0.15, -0.1) is 11.3 Å². The van der Waals surface area contributed by atoms with Gasteiger partial charge in [0.25, 0.3) is 0 Å². The van der Waals surface area contributed by atoms with Crippen LogP contribution in [0.2, 0.25) is 0 Å². The van der Waals surface area contributed by atoms with Crippen LogP contribution in [0.5, 0.6) is 11.5 Å². The van der Waals surface area contributed by atoms with Crippen LogP contribution < -0.4 is 14.8 Å². The van der Waals surface area contributed by atoms with Crippen molar-refractivity contribution in [3.8, 4) is 11.5 Å². The molecule has 0 unspecified atom stereocenters. The van der Waals surface area contributed by atoms with E-state index in [-0.39, 0.29) is 18.5 Å². The molecule has 9 heteroatoms. The summed E-state index contributed by atoms with van der Waals surface area (Å²) in [7, 11) is 3.22. The van der Waals surface area contributed by atoms with E-state index in [4.69, 9.17) is 14.2 Å². The van der Waals surface area contributed by atoms with Crippen molar-refractivity contribution in [2.45, 2.75) is 46.1 Å². The molecule has 1 aromatic heterocycles. The van der Waals surface area contributed by atoms with Gasteiger partial charge in [-0.1, -0.05) is 38.1 Å². The largest absolute Gasteiger partial charge is 0.493 e. The molecule has 2 aromatic carbocycles. The van der Waals surface area contributed by atoms with Crippen LogP contribution in [0.15, 0.2) is 60.0 Å². The molecule has 8 nitrogen and oxygen atoms in total. The summed E-state index contributed by atoms with van der Waals surface area (Å²) in [5.41, 5.74) is 2.93. The number of nitrogens with zero attached hydrogens (tertiary/aromatic N) is 2. The monoisotopic (exact) mass is 581 g/mol. The standard InChI is InChI=1S/C32H43N3O5S/c1-6-40-19-8-17-35(32(37)33-27-13-11-26(12-14-27)24(2)3)23-31(36)34(22-28-9-7-20-41-28)18-16-25-10-15-29(38-4)30(21-25)39-5/h7,9-15,20-21,24H,6,8,16-19,22-23H2,1-5H3,(H,33,37). The summed E-state index contributed by atoms with van der Waals surface area (Å²) in [5.74, 6) is 1.61. The number of nitrogens with one attached hydrogen (secondary N) is 1. The van der Waals surface area contributed by atoms with E-state index in [1.54, 1.807) is 30.5 Å². The van der Waals surface area contributed by atoms with Crippen LogP contribution in [0.1, 0.15) is 49.1 Å². The number of anilines is 1. The normalized spacial score (nSPS) is 10.9. The summed E-state index contributed by atoms with van der Waals surface area (Å²) in [5, 5.41) is 4.98. The maximum Gasteiger partial charge on any atom is 0.322 e. The molecular formula is C32H43N3O5S. The van der Waals surface area contributed by atoms with E-state index in [1.165, 1.54) is 5.56 Å². The first kappa shape index (κ1) is 32.0. The fourth-order valence-corrected chi connectivity index (χ4v) is 5.07. The molecule has 3 amide bonds. The third-order valence-electron chi connectivity index (χ3n) is 6.76. The van der Waals surface area contributed by atoms with E-state index in [0.717, 1.165) is 10.4 Å². The Morgan fingerprint density at radius 2 is 1.71 bits per heavy atom. The first-order chi connectivity index (χ1) is 19.8. The molecule has 0 spiro atoms. The summed E-state index contributed by atoms with van der Waals surface area (Å²) in [6.07, 6.45) is 1.27. The van der Waals surface area contributed by atoms with Crippen molar-refractivity contribution >= 4 is 29.0 Å². The molecule has 0 fully saturated rings. The maximum absolute atomic E-state index is 13.7. The van der Waals surface area contributed by atoms with Gasteiger partial charge >= 0.3 is 6.03 Å². The van der Waals surface area contributed by atoms with E-state index < -0.39 is 0 Å². The summed E-state index contributed by atoms with van der Waals surface area (Å²) in [6.45, 7) is 8.69. The Morgan fingerprint density at radius 3 is 2.34 bits per heavy atom. The molecule has 0 saturated heterocycles. The third-order valence-corrected chi connectivity index (χ3v) is 7.62. The Balaban J connectivity index is 1.73. The summed E-state index contributed by atoms with van der Waals surface area (Å²) < 4.78 is 16.3. The van der Waals surface area contributed by atoms with Crippen molar-refractivity contribution in [1.29, 1.82) is 0 Å². The summed E-state index contributed by atoms with van der Waals surface area (Å²) >= 11 is 1.61. The fraction of sp³-hybridized carbons (Fsp3) is 0.438. The topological polar surface area (TPSA) is 80.3 Å². The van der Waals surface area contributed by atoms with Gasteiger partial charge in [-0.25, -0.2) is 4.79 Å². The molecule has 0 aliphatic rings. The number of thiophene rings is 1. The van der Waals surface area contributed by atoms with Crippen LogP contribution in [-0.4, -0.2) is 68.8 Å². The van der Waals surface area contributed by atoms with Gasteiger partial charge in [-0.3, -0.25) is 4.79 Å². The lowest BCUT2D eigenvalue weighted by Crippen LogP contribution is -2.45. The molecule has 0 atom stereocenters. The zero-order valence-electron chi connectivity index (χ0n) is 24.9. The van der Waals surface area contributed by atoms with Crippen molar-refractivity contribution in [2.24, 2.45) is 0 Å². The van der Waals surface area contributed by atoms with Gasteiger partial charge in [0.05, 0.1) is 20.8 Å². The summed E-state index contributed by atoms with van der Waals surface area (Å²) in [4.78, 5) is 31.6. The highest BCUT2D eigenvalue weighted by molar-refractivity contribution is 7.09.